The van der Waals surface area contributed by atoms with Crippen LogP contribution in [0, 0.1) is 0 Å². The van der Waals surface area contributed by atoms with Crippen LogP contribution in [0.2, 0.25) is 0 Å². The lowest BCUT2D eigenvalue weighted by molar-refractivity contribution is -0.167. The summed E-state index contributed by atoms with van der Waals surface area (Å²) in [5.41, 5.74) is 0. The summed E-state index contributed by atoms with van der Waals surface area (Å²) in [4.78, 5) is 27.4. The summed E-state index contributed by atoms with van der Waals surface area (Å²) in [6, 6.07) is 0. The summed E-state index contributed by atoms with van der Waals surface area (Å²) in [7, 11) is -3.51. The third-order valence-corrected chi connectivity index (χ3v) is 11.4. The van der Waals surface area contributed by atoms with Gasteiger partial charge in [-0.2, -0.15) is 0 Å². The fourth-order valence-electron chi connectivity index (χ4n) is 6.48. The maximum atomic E-state index is 13.2. The SMILES string of the molecule is CCCCCCCC/C=C\CCCCCCCC(=O)OCCC(OC(=O)CCCCCCC/C=C\CCCCCCCC)OP(C)(=O)OCCN(CC)CC. The Morgan fingerprint density at radius 3 is 1.38 bits per heavy atom. The van der Waals surface area contributed by atoms with E-state index in [1.165, 1.54) is 116 Å². The fourth-order valence-corrected chi connectivity index (χ4v) is 7.53. The molecule has 0 aromatic rings. The zero-order valence-electron chi connectivity index (χ0n) is 36.7. The molecule has 0 fully saturated rings. The maximum Gasteiger partial charge on any atom is 0.330 e. The topological polar surface area (TPSA) is 91.4 Å². The number of likely N-dealkylation sites (N-methyl/N-ethyl adjacent to an activating group) is 1. The van der Waals surface area contributed by atoms with Crippen LogP contribution in [0.3, 0.4) is 0 Å². The van der Waals surface area contributed by atoms with Crippen molar-refractivity contribution in [2.45, 2.75) is 220 Å². The van der Waals surface area contributed by atoms with E-state index < -0.39 is 19.9 Å². The molecule has 0 aromatic carbocycles. The molecule has 8 nitrogen and oxygen atoms in total. The van der Waals surface area contributed by atoms with Gasteiger partial charge in [-0.15, -0.1) is 0 Å². The van der Waals surface area contributed by atoms with E-state index >= 15 is 0 Å². The van der Waals surface area contributed by atoms with E-state index in [-0.39, 0.29) is 32.0 Å². The Kier molecular flexibility index (Phi) is 39.6. The zero-order valence-corrected chi connectivity index (χ0v) is 37.6. The highest BCUT2D eigenvalue weighted by atomic mass is 31.2. The van der Waals surface area contributed by atoms with Crippen molar-refractivity contribution < 1.29 is 32.7 Å². The first-order valence-corrected chi connectivity index (χ1v) is 25.0. The molecule has 9 heteroatoms. The van der Waals surface area contributed by atoms with Gasteiger partial charge < -0.3 is 18.9 Å². The Hall–Kier alpha value is -1.47. The molecule has 2 atom stereocenters. The lowest BCUT2D eigenvalue weighted by Crippen LogP contribution is -2.27. The van der Waals surface area contributed by atoms with Crippen molar-refractivity contribution in [2.75, 3.05) is 39.5 Å². The molecule has 324 valence electrons. The molecule has 55 heavy (non-hydrogen) atoms. The molecule has 0 amide bonds. The van der Waals surface area contributed by atoms with Gasteiger partial charge in [-0.3, -0.25) is 18.7 Å². The molecule has 0 bridgehead atoms. The van der Waals surface area contributed by atoms with Crippen molar-refractivity contribution >= 4 is 19.5 Å². The van der Waals surface area contributed by atoms with Gasteiger partial charge in [0.25, 0.3) is 0 Å². The number of ether oxygens (including phenoxy) is 2. The molecule has 0 rings (SSSR count). The Morgan fingerprint density at radius 1 is 0.545 bits per heavy atom. The van der Waals surface area contributed by atoms with Crippen LogP contribution in [0.1, 0.15) is 214 Å². The van der Waals surface area contributed by atoms with Crippen LogP contribution in [0.5, 0.6) is 0 Å². The predicted octanol–water partition coefficient (Wildman–Crippen LogP) is 14.1. The lowest BCUT2D eigenvalue weighted by atomic mass is 10.1. The minimum atomic E-state index is -3.51. The molecule has 0 aromatic heterocycles. The molecule has 0 spiro atoms. The molecule has 0 saturated carbocycles. The van der Waals surface area contributed by atoms with E-state index in [0.29, 0.717) is 13.0 Å². The first-order valence-electron chi connectivity index (χ1n) is 23.1. The average Bonchev–Trinajstić information content (AvgIpc) is 3.16. The van der Waals surface area contributed by atoms with Gasteiger partial charge in [0.05, 0.1) is 13.2 Å². The normalized spacial score (nSPS) is 13.6. The van der Waals surface area contributed by atoms with E-state index in [0.717, 1.165) is 70.9 Å². The van der Waals surface area contributed by atoms with E-state index in [9.17, 15) is 14.2 Å². The Morgan fingerprint density at radius 2 is 0.945 bits per heavy atom. The summed E-state index contributed by atoms with van der Waals surface area (Å²) in [6.45, 7) is 12.7. The summed E-state index contributed by atoms with van der Waals surface area (Å²) >= 11 is 0. The second kappa shape index (κ2) is 40.7. The number of carbonyl (C=O) groups excluding carboxylic acids is 2. The van der Waals surface area contributed by atoms with Gasteiger partial charge in [0.1, 0.15) is 0 Å². The van der Waals surface area contributed by atoms with E-state index in [1.807, 2.05) is 0 Å². The summed E-state index contributed by atoms with van der Waals surface area (Å²) in [6.07, 6.45) is 40.0. The van der Waals surface area contributed by atoms with Gasteiger partial charge in [0, 0.05) is 32.5 Å². The number of rotatable bonds is 42. The highest BCUT2D eigenvalue weighted by molar-refractivity contribution is 7.53. The third-order valence-electron chi connectivity index (χ3n) is 10.1. The van der Waals surface area contributed by atoms with Gasteiger partial charge >= 0.3 is 19.5 Å². The van der Waals surface area contributed by atoms with Crippen molar-refractivity contribution in [2.24, 2.45) is 0 Å². The van der Waals surface area contributed by atoms with Crippen LogP contribution in [-0.2, 0) is 32.7 Å². The smallest absolute Gasteiger partial charge is 0.330 e. The predicted molar refractivity (Wildman–Crippen MR) is 233 cm³/mol. The summed E-state index contributed by atoms with van der Waals surface area (Å²) in [5.74, 6) is -0.670. The standard InChI is InChI=1S/C46H88NO7P/c1-6-10-12-14-16-18-20-22-24-26-28-30-32-34-36-38-44(48)51-42-40-46(54-55(5,50)52-43-41-47(8-3)9-4)53-45(49)39-37-35-33-31-29-27-25-23-21-19-17-15-13-11-7-2/h22-25,46H,6-21,26-43H2,1-5H3/b24-22-,25-23-. The van der Waals surface area contributed by atoms with Gasteiger partial charge in [-0.05, 0) is 77.3 Å². The second-order valence-corrected chi connectivity index (χ2v) is 17.3. The number of unbranched alkanes of at least 4 members (excludes halogenated alkanes) is 22. The summed E-state index contributed by atoms with van der Waals surface area (Å²) in [5, 5.41) is 0. The van der Waals surface area contributed by atoms with Gasteiger partial charge in [-0.25, -0.2) is 0 Å². The monoisotopic (exact) mass is 798 g/mol. The molecule has 0 aliphatic rings. The maximum absolute atomic E-state index is 13.2. The highest BCUT2D eigenvalue weighted by Crippen LogP contribution is 2.45. The molecule has 0 aliphatic heterocycles. The average molecular weight is 798 g/mol. The number of esters is 2. The first kappa shape index (κ1) is 53.5. The van der Waals surface area contributed by atoms with Crippen molar-refractivity contribution in [1.29, 1.82) is 0 Å². The van der Waals surface area contributed by atoms with Crippen LogP contribution in [0.15, 0.2) is 24.3 Å². The fraction of sp³-hybridized carbons (Fsp3) is 0.870. The van der Waals surface area contributed by atoms with Crippen LogP contribution >= 0.6 is 7.60 Å². The van der Waals surface area contributed by atoms with Crippen LogP contribution < -0.4 is 0 Å². The molecule has 0 saturated heterocycles. The molecule has 0 aliphatic carbocycles. The minimum Gasteiger partial charge on any atom is -0.465 e. The zero-order chi connectivity index (χ0) is 40.5. The molecule has 0 N–H and O–H groups in total. The van der Waals surface area contributed by atoms with Crippen LogP contribution in [-0.4, -0.2) is 62.6 Å². The van der Waals surface area contributed by atoms with Crippen molar-refractivity contribution in [3.8, 4) is 0 Å². The van der Waals surface area contributed by atoms with Crippen molar-refractivity contribution in [3.63, 3.8) is 0 Å². The van der Waals surface area contributed by atoms with Gasteiger partial charge in [-0.1, -0.05) is 155 Å². The lowest BCUT2D eigenvalue weighted by Gasteiger charge is -2.24. The quantitative estimate of drug-likeness (QED) is 0.0198. The number of carbonyl (C=O) groups is 2. The Balaban J connectivity index is 4.38. The molecular formula is C46H88NO7P. The van der Waals surface area contributed by atoms with Crippen molar-refractivity contribution in [3.05, 3.63) is 24.3 Å². The van der Waals surface area contributed by atoms with Crippen LogP contribution in [0.4, 0.5) is 0 Å². The number of hydrogen-bond donors (Lipinski definition) is 0. The highest BCUT2D eigenvalue weighted by Gasteiger charge is 2.27. The van der Waals surface area contributed by atoms with Crippen molar-refractivity contribution in [1.82, 2.24) is 4.90 Å². The van der Waals surface area contributed by atoms with E-state index in [4.69, 9.17) is 18.5 Å². The molecule has 0 heterocycles. The molecule has 0 radical (unpaired) electrons. The number of nitrogens with zero attached hydrogens (tertiary/aromatic N) is 1. The number of hydrogen-bond acceptors (Lipinski definition) is 8. The van der Waals surface area contributed by atoms with Gasteiger partial charge in [0.15, 0.2) is 0 Å². The second-order valence-electron chi connectivity index (χ2n) is 15.3. The van der Waals surface area contributed by atoms with E-state index in [2.05, 4.69) is 56.9 Å². The summed E-state index contributed by atoms with van der Waals surface area (Å²) < 4.78 is 35.6. The minimum absolute atomic E-state index is 0.0225. The van der Waals surface area contributed by atoms with Crippen LogP contribution in [0.25, 0.3) is 0 Å². The Labute approximate surface area is 340 Å². The third kappa shape index (κ3) is 39.2. The molecule has 2 unspecified atom stereocenters. The van der Waals surface area contributed by atoms with E-state index in [1.54, 1.807) is 0 Å². The number of allylic oxidation sites excluding steroid dienone is 4. The largest absolute Gasteiger partial charge is 0.465 e. The molecular weight excluding hydrogens is 709 g/mol. The van der Waals surface area contributed by atoms with Gasteiger partial charge in [0.2, 0.25) is 6.29 Å². The Bertz CT molecular complexity index is 968. The first-order chi connectivity index (χ1) is 26.8.